The highest BCUT2D eigenvalue weighted by Gasteiger charge is 2.42. The Morgan fingerprint density at radius 1 is 1.05 bits per heavy atom. The van der Waals surface area contributed by atoms with Crippen LogP contribution >= 0.6 is 11.6 Å². The van der Waals surface area contributed by atoms with Gasteiger partial charge in [0.1, 0.15) is 16.5 Å². The van der Waals surface area contributed by atoms with Crippen LogP contribution in [0.2, 0.25) is 5.02 Å². The minimum absolute atomic E-state index is 0.0239. The average Bonchev–Trinajstić information content (AvgIpc) is 3.39. The minimum atomic E-state index is -4.06. The number of carbonyl (C=O) groups is 1. The summed E-state index contributed by atoms with van der Waals surface area (Å²) in [7, 11) is -2.87. The number of hydrogen-bond donors (Lipinski definition) is 2. The van der Waals surface area contributed by atoms with Crippen molar-refractivity contribution in [2.75, 3.05) is 13.6 Å². The van der Waals surface area contributed by atoms with E-state index in [-0.39, 0.29) is 16.6 Å². The van der Waals surface area contributed by atoms with Crippen molar-refractivity contribution >= 4 is 38.6 Å². The Labute approximate surface area is 245 Å². The Hall–Kier alpha value is -2.53. The summed E-state index contributed by atoms with van der Waals surface area (Å²) in [6, 6.07) is 12.0. The molecule has 3 heterocycles. The molecule has 1 unspecified atom stereocenters. The third-order valence-electron chi connectivity index (χ3n) is 9.47. The summed E-state index contributed by atoms with van der Waals surface area (Å²) in [6.07, 6.45) is 8.56. The minimum Gasteiger partial charge on any atom is -0.349 e. The van der Waals surface area contributed by atoms with Crippen molar-refractivity contribution in [2.45, 2.75) is 87.4 Å². The zero-order valence-electron chi connectivity index (χ0n) is 23.4. The molecule has 2 bridgehead atoms. The van der Waals surface area contributed by atoms with Gasteiger partial charge in [0.05, 0.1) is 21.6 Å². The molecule has 3 fully saturated rings. The normalized spacial score (nSPS) is 26.9. The lowest BCUT2D eigenvalue weighted by Gasteiger charge is -2.42. The predicted octanol–water partition coefficient (Wildman–Crippen LogP) is 5.20. The van der Waals surface area contributed by atoms with Gasteiger partial charge >= 0.3 is 0 Å². The first kappa shape index (κ1) is 28.6. The molecule has 2 aromatic carbocycles. The van der Waals surface area contributed by atoms with E-state index in [0.29, 0.717) is 24.0 Å². The van der Waals surface area contributed by atoms with Crippen molar-refractivity contribution < 1.29 is 17.6 Å². The molecular weight excluding hydrogens is 565 g/mol. The number of hydrogen-bond acceptors (Lipinski definition) is 5. The van der Waals surface area contributed by atoms with Crippen LogP contribution in [0.3, 0.4) is 0 Å². The Balaban J connectivity index is 1.05. The topological polar surface area (TPSA) is 96.3 Å². The van der Waals surface area contributed by atoms with Crippen LogP contribution < -0.4 is 10.0 Å². The van der Waals surface area contributed by atoms with E-state index >= 15 is 0 Å². The molecule has 3 atom stereocenters. The Bertz CT molecular complexity index is 1560. The monoisotopic (exact) mass is 601 g/mol. The lowest BCUT2D eigenvalue weighted by atomic mass is 9.84. The quantitative estimate of drug-likeness (QED) is 0.388. The smallest absolute Gasteiger partial charge is 0.253 e. The number of sulfonamides is 1. The molecule has 6 rings (SSSR count). The SMILES string of the molecule is CNS(=O)(=O)c1cc(C(=O)NC2CCC(CN3[C@@H]4CC[C@H]3CC(n3c(C)nc5ccccc53)C4)CC2)c(Cl)cc1F. The summed E-state index contributed by atoms with van der Waals surface area (Å²) in [5.74, 6) is 0.216. The number of fused-ring (bicyclic) bond motifs is 3. The van der Waals surface area contributed by atoms with Crippen LogP contribution in [-0.2, 0) is 10.0 Å². The molecule has 0 spiro atoms. The summed E-state index contributed by atoms with van der Waals surface area (Å²) in [4.78, 5) is 20.0. The first-order valence-corrected chi connectivity index (χ1v) is 16.4. The third kappa shape index (κ3) is 5.51. The highest BCUT2D eigenvalue weighted by Crippen LogP contribution is 2.43. The van der Waals surface area contributed by atoms with Crippen LogP contribution in [0, 0.1) is 18.7 Å². The molecule has 2 aliphatic heterocycles. The second-order valence-electron chi connectivity index (χ2n) is 11.9. The van der Waals surface area contributed by atoms with Gasteiger partial charge in [0.15, 0.2) is 0 Å². The van der Waals surface area contributed by atoms with Crippen LogP contribution in [0.5, 0.6) is 0 Å². The zero-order valence-corrected chi connectivity index (χ0v) is 25.0. The number of nitrogens with one attached hydrogen (secondary N) is 2. The van der Waals surface area contributed by atoms with Crippen LogP contribution in [0.4, 0.5) is 4.39 Å². The number of aryl methyl sites for hydroxylation is 1. The number of halogens is 2. The van der Waals surface area contributed by atoms with E-state index in [1.54, 1.807) is 0 Å². The van der Waals surface area contributed by atoms with E-state index in [0.717, 1.165) is 68.5 Å². The molecular formula is C30H37ClFN5O3S. The van der Waals surface area contributed by atoms with Gasteiger partial charge in [-0.25, -0.2) is 22.5 Å². The maximum atomic E-state index is 14.3. The number of aromatic nitrogens is 2. The fourth-order valence-electron chi connectivity index (χ4n) is 7.45. The van der Waals surface area contributed by atoms with E-state index in [1.165, 1.54) is 25.4 Å². The molecule has 1 aromatic heterocycles. The van der Waals surface area contributed by atoms with Crippen molar-refractivity contribution in [3.8, 4) is 0 Å². The molecule has 11 heteroatoms. The second-order valence-corrected chi connectivity index (χ2v) is 14.1. The predicted molar refractivity (Wildman–Crippen MR) is 157 cm³/mol. The lowest BCUT2D eigenvalue weighted by Crippen LogP contribution is -2.47. The van der Waals surface area contributed by atoms with Gasteiger partial charge in [0.2, 0.25) is 10.0 Å². The number of para-hydroxylation sites is 2. The maximum absolute atomic E-state index is 14.3. The largest absolute Gasteiger partial charge is 0.349 e. The third-order valence-corrected chi connectivity index (χ3v) is 11.2. The van der Waals surface area contributed by atoms with E-state index in [1.807, 2.05) is 0 Å². The van der Waals surface area contributed by atoms with Crippen LogP contribution in [-0.4, -0.2) is 60.5 Å². The summed E-state index contributed by atoms with van der Waals surface area (Å²) >= 11 is 6.13. The van der Waals surface area contributed by atoms with Gasteiger partial charge in [-0.3, -0.25) is 9.69 Å². The summed E-state index contributed by atoms with van der Waals surface area (Å²) in [6.45, 7) is 3.22. The fourth-order valence-corrected chi connectivity index (χ4v) is 8.49. The van der Waals surface area contributed by atoms with Crippen molar-refractivity contribution in [3.05, 3.63) is 58.6 Å². The molecule has 1 aliphatic carbocycles. The maximum Gasteiger partial charge on any atom is 0.253 e. The van der Waals surface area contributed by atoms with Crippen molar-refractivity contribution in [1.29, 1.82) is 0 Å². The van der Waals surface area contributed by atoms with Crippen LogP contribution in [0.1, 0.15) is 73.6 Å². The molecule has 3 aliphatic rings. The highest BCUT2D eigenvalue weighted by atomic mass is 35.5. The van der Waals surface area contributed by atoms with Gasteiger partial charge < -0.3 is 9.88 Å². The summed E-state index contributed by atoms with van der Waals surface area (Å²) in [5.41, 5.74) is 2.28. The van der Waals surface area contributed by atoms with Gasteiger partial charge in [0, 0.05) is 30.7 Å². The Morgan fingerprint density at radius 2 is 1.73 bits per heavy atom. The van der Waals surface area contributed by atoms with Crippen LogP contribution in [0.25, 0.3) is 11.0 Å². The van der Waals surface area contributed by atoms with E-state index < -0.39 is 26.6 Å². The first-order chi connectivity index (χ1) is 19.6. The van der Waals surface area contributed by atoms with Crippen LogP contribution in [0.15, 0.2) is 41.3 Å². The van der Waals surface area contributed by atoms with E-state index in [9.17, 15) is 17.6 Å². The number of piperidine rings is 1. The number of carbonyl (C=O) groups excluding carboxylic acids is 1. The molecule has 3 aromatic rings. The molecule has 2 saturated heterocycles. The van der Waals surface area contributed by atoms with E-state index in [2.05, 4.69) is 50.7 Å². The molecule has 8 nitrogen and oxygen atoms in total. The molecule has 1 amide bonds. The number of amides is 1. The van der Waals surface area contributed by atoms with Crippen molar-refractivity contribution in [2.24, 2.45) is 5.92 Å². The van der Waals surface area contributed by atoms with Gasteiger partial charge in [-0.2, -0.15) is 0 Å². The van der Waals surface area contributed by atoms with Gasteiger partial charge in [-0.1, -0.05) is 23.7 Å². The van der Waals surface area contributed by atoms with E-state index in [4.69, 9.17) is 16.6 Å². The van der Waals surface area contributed by atoms with Crippen molar-refractivity contribution in [3.63, 3.8) is 0 Å². The second kappa shape index (κ2) is 11.3. The molecule has 2 N–H and O–H groups in total. The summed E-state index contributed by atoms with van der Waals surface area (Å²) in [5, 5.41) is 2.89. The molecule has 41 heavy (non-hydrogen) atoms. The summed E-state index contributed by atoms with van der Waals surface area (Å²) < 4.78 is 43.1. The number of benzene rings is 2. The van der Waals surface area contributed by atoms with Gasteiger partial charge in [-0.05, 0) is 95.5 Å². The fraction of sp³-hybridized carbons (Fsp3) is 0.533. The molecule has 1 saturated carbocycles. The zero-order chi connectivity index (χ0) is 28.9. The van der Waals surface area contributed by atoms with Gasteiger partial charge in [0.25, 0.3) is 5.91 Å². The van der Waals surface area contributed by atoms with Gasteiger partial charge in [-0.15, -0.1) is 0 Å². The number of imidazole rings is 1. The first-order valence-electron chi connectivity index (χ1n) is 14.6. The lowest BCUT2D eigenvalue weighted by molar-refractivity contribution is 0.0763. The molecule has 0 radical (unpaired) electrons. The average molecular weight is 602 g/mol. The Kier molecular flexibility index (Phi) is 7.86. The number of nitrogens with zero attached hydrogens (tertiary/aromatic N) is 3. The van der Waals surface area contributed by atoms with Crippen molar-refractivity contribution in [1.82, 2.24) is 24.5 Å². The standard InChI is InChI=1S/C30H37ClFN5O3S/c1-18-34-27-5-3-4-6-28(27)37(18)23-13-21-11-12-22(14-23)36(21)17-19-7-9-20(10-8-19)35-30(38)24-15-29(41(39,40)33-2)26(32)16-25(24)31/h3-6,15-16,19-23,33H,7-14,17H2,1-2H3,(H,35,38)/t19?,20?,21-,22+,23?. The number of rotatable bonds is 7. The Morgan fingerprint density at radius 3 is 2.41 bits per heavy atom. The molecule has 220 valence electrons. The highest BCUT2D eigenvalue weighted by molar-refractivity contribution is 7.89.